The number of nitrogens with one attached hydrogen (secondary N) is 2. The number of carbonyl (C=O) groups excluding carboxylic acids is 1. The summed E-state index contributed by atoms with van der Waals surface area (Å²) in [6.07, 6.45) is 3.16. The van der Waals surface area contributed by atoms with E-state index in [0.29, 0.717) is 0 Å². The second-order valence-electron chi connectivity index (χ2n) is 4.90. The molecule has 1 aromatic heterocycles. The molecule has 0 radical (unpaired) electrons. The van der Waals surface area contributed by atoms with Crippen LogP contribution in [0, 0.1) is 0 Å². The third-order valence-corrected chi connectivity index (χ3v) is 3.70. The van der Waals surface area contributed by atoms with Gasteiger partial charge in [0.1, 0.15) is 5.82 Å². The highest BCUT2D eigenvalue weighted by molar-refractivity contribution is 5.76. The fourth-order valence-electron chi connectivity index (χ4n) is 2.73. The maximum atomic E-state index is 11.9. The predicted molar refractivity (Wildman–Crippen MR) is 73.8 cm³/mol. The number of fused-ring (bicyclic) bond motifs is 1. The van der Waals surface area contributed by atoms with E-state index < -0.39 is 0 Å². The van der Waals surface area contributed by atoms with Crippen LogP contribution in [0.5, 0.6) is 0 Å². The van der Waals surface area contributed by atoms with Crippen LogP contribution >= 0.6 is 0 Å². The van der Waals surface area contributed by atoms with Crippen LogP contribution in [0.3, 0.4) is 0 Å². The Morgan fingerprint density at radius 3 is 3.05 bits per heavy atom. The number of piperidine rings is 1. The molecule has 2 heterocycles. The van der Waals surface area contributed by atoms with Crippen molar-refractivity contribution in [2.75, 3.05) is 13.6 Å². The lowest BCUT2D eigenvalue weighted by Crippen LogP contribution is -2.43. The van der Waals surface area contributed by atoms with E-state index in [2.05, 4.69) is 15.3 Å². The van der Waals surface area contributed by atoms with Crippen molar-refractivity contribution in [2.45, 2.75) is 25.3 Å². The first-order valence-electron chi connectivity index (χ1n) is 6.72. The molecule has 3 rings (SSSR count). The topological polar surface area (TPSA) is 61.0 Å². The molecule has 2 N–H and O–H groups in total. The summed E-state index contributed by atoms with van der Waals surface area (Å²) in [5, 5.41) is 2.71. The zero-order chi connectivity index (χ0) is 13.2. The molecule has 1 atom stereocenters. The Kier molecular flexibility index (Phi) is 3.11. The van der Waals surface area contributed by atoms with Crippen molar-refractivity contribution >= 4 is 17.1 Å². The van der Waals surface area contributed by atoms with Gasteiger partial charge in [-0.25, -0.2) is 9.78 Å². The lowest BCUT2D eigenvalue weighted by Gasteiger charge is -2.34. The number of likely N-dealkylation sites (tertiary alicyclic amines) is 1. The quantitative estimate of drug-likeness (QED) is 0.825. The second-order valence-corrected chi connectivity index (χ2v) is 4.90. The molecular formula is C14H18N4O. The van der Waals surface area contributed by atoms with Crippen molar-refractivity contribution in [3.05, 3.63) is 30.1 Å². The summed E-state index contributed by atoms with van der Waals surface area (Å²) in [5.74, 6) is 0.893. The number of aromatic nitrogens is 2. The van der Waals surface area contributed by atoms with E-state index in [1.165, 1.54) is 0 Å². The fourth-order valence-corrected chi connectivity index (χ4v) is 2.73. The van der Waals surface area contributed by atoms with Crippen molar-refractivity contribution < 1.29 is 4.79 Å². The summed E-state index contributed by atoms with van der Waals surface area (Å²) in [5.41, 5.74) is 1.99. The number of nitrogens with zero attached hydrogens (tertiary/aromatic N) is 2. The van der Waals surface area contributed by atoms with Crippen molar-refractivity contribution in [1.29, 1.82) is 0 Å². The number of carbonyl (C=O) groups is 1. The summed E-state index contributed by atoms with van der Waals surface area (Å²) in [7, 11) is 1.67. The van der Waals surface area contributed by atoms with Crippen LogP contribution in [-0.4, -0.2) is 34.5 Å². The SMILES string of the molecule is CNC(=O)N1CCCCC1c1nc2ccccc2[nH]1. The highest BCUT2D eigenvalue weighted by Gasteiger charge is 2.29. The monoisotopic (exact) mass is 258 g/mol. The number of H-pyrrole nitrogens is 1. The molecule has 2 aromatic rings. The minimum Gasteiger partial charge on any atom is -0.341 e. The molecule has 1 fully saturated rings. The molecule has 2 amide bonds. The van der Waals surface area contributed by atoms with E-state index in [-0.39, 0.29) is 12.1 Å². The highest BCUT2D eigenvalue weighted by atomic mass is 16.2. The Morgan fingerprint density at radius 1 is 1.42 bits per heavy atom. The fraction of sp³-hybridized carbons (Fsp3) is 0.429. The van der Waals surface area contributed by atoms with Gasteiger partial charge in [0, 0.05) is 13.6 Å². The molecule has 100 valence electrons. The number of benzene rings is 1. The van der Waals surface area contributed by atoms with E-state index in [0.717, 1.165) is 42.7 Å². The first kappa shape index (κ1) is 12.0. The third kappa shape index (κ3) is 2.16. The molecule has 19 heavy (non-hydrogen) atoms. The van der Waals surface area contributed by atoms with Gasteiger partial charge in [0.05, 0.1) is 17.1 Å². The number of aromatic amines is 1. The third-order valence-electron chi connectivity index (χ3n) is 3.70. The average Bonchev–Trinajstić information content (AvgIpc) is 2.90. The second kappa shape index (κ2) is 4.91. The van der Waals surface area contributed by atoms with Crippen molar-refractivity contribution in [3.63, 3.8) is 0 Å². The zero-order valence-electron chi connectivity index (χ0n) is 11.0. The molecule has 1 unspecified atom stereocenters. The molecule has 1 saturated heterocycles. The van der Waals surface area contributed by atoms with E-state index in [4.69, 9.17) is 0 Å². The van der Waals surface area contributed by atoms with E-state index in [9.17, 15) is 4.79 Å². The van der Waals surface area contributed by atoms with Crippen molar-refractivity contribution in [3.8, 4) is 0 Å². The summed E-state index contributed by atoms with van der Waals surface area (Å²) >= 11 is 0. The first-order chi connectivity index (χ1) is 9.29. The molecule has 0 aliphatic carbocycles. The van der Waals surface area contributed by atoms with Gasteiger partial charge in [-0.3, -0.25) is 0 Å². The Balaban J connectivity index is 1.95. The molecule has 1 aliphatic rings. The van der Waals surface area contributed by atoms with Crippen LogP contribution in [0.25, 0.3) is 11.0 Å². The summed E-state index contributed by atoms with van der Waals surface area (Å²) in [6, 6.07) is 8.00. The number of hydrogen-bond donors (Lipinski definition) is 2. The number of amides is 2. The molecule has 5 nitrogen and oxygen atoms in total. The molecular weight excluding hydrogens is 240 g/mol. The zero-order valence-corrected chi connectivity index (χ0v) is 11.0. The first-order valence-corrected chi connectivity index (χ1v) is 6.72. The number of imidazole rings is 1. The van der Waals surface area contributed by atoms with Crippen LogP contribution in [0.4, 0.5) is 4.79 Å². The van der Waals surface area contributed by atoms with Crippen LogP contribution in [-0.2, 0) is 0 Å². The Hall–Kier alpha value is -2.04. The van der Waals surface area contributed by atoms with Crippen molar-refractivity contribution in [2.24, 2.45) is 0 Å². The summed E-state index contributed by atoms with van der Waals surface area (Å²) in [6.45, 7) is 0.793. The van der Waals surface area contributed by atoms with Crippen LogP contribution in [0.15, 0.2) is 24.3 Å². The van der Waals surface area contributed by atoms with E-state index in [1.54, 1.807) is 7.05 Å². The highest BCUT2D eigenvalue weighted by Crippen LogP contribution is 2.30. The molecule has 1 aromatic carbocycles. The summed E-state index contributed by atoms with van der Waals surface area (Å²) < 4.78 is 0. The maximum Gasteiger partial charge on any atom is 0.317 e. The van der Waals surface area contributed by atoms with Gasteiger partial charge >= 0.3 is 6.03 Å². The van der Waals surface area contributed by atoms with Gasteiger partial charge < -0.3 is 15.2 Å². The standard InChI is InChI=1S/C14H18N4O/c1-15-14(19)18-9-5-4-8-12(18)13-16-10-6-2-3-7-11(10)17-13/h2-3,6-7,12H,4-5,8-9H2,1H3,(H,15,19)(H,16,17). The lowest BCUT2D eigenvalue weighted by molar-refractivity contribution is 0.150. The Morgan fingerprint density at radius 2 is 2.26 bits per heavy atom. The van der Waals surface area contributed by atoms with E-state index in [1.807, 2.05) is 29.2 Å². The smallest absolute Gasteiger partial charge is 0.317 e. The van der Waals surface area contributed by atoms with Gasteiger partial charge in [-0.05, 0) is 31.4 Å². The lowest BCUT2D eigenvalue weighted by atomic mass is 10.0. The number of rotatable bonds is 1. The molecule has 0 bridgehead atoms. The van der Waals surface area contributed by atoms with Gasteiger partial charge in [-0.1, -0.05) is 12.1 Å². The Bertz CT molecular complexity index is 559. The molecule has 1 aliphatic heterocycles. The number of hydrogen-bond acceptors (Lipinski definition) is 2. The van der Waals surface area contributed by atoms with Gasteiger partial charge in [-0.15, -0.1) is 0 Å². The van der Waals surface area contributed by atoms with Gasteiger partial charge in [0.15, 0.2) is 0 Å². The van der Waals surface area contributed by atoms with Crippen LogP contribution in [0.2, 0.25) is 0 Å². The molecule has 5 heteroatoms. The molecule has 0 saturated carbocycles. The Labute approximate surface area is 112 Å². The average molecular weight is 258 g/mol. The number of para-hydroxylation sites is 2. The van der Waals surface area contributed by atoms with Crippen molar-refractivity contribution in [1.82, 2.24) is 20.2 Å². The van der Waals surface area contributed by atoms with Crippen LogP contribution < -0.4 is 5.32 Å². The van der Waals surface area contributed by atoms with Gasteiger partial charge in [-0.2, -0.15) is 0 Å². The molecule has 0 spiro atoms. The largest absolute Gasteiger partial charge is 0.341 e. The minimum absolute atomic E-state index is 0.0230. The van der Waals surface area contributed by atoms with Crippen LogP contribution in [0.1, 0.15) is 31.1 Å². The minimum atomic E-state index is -0.0230. The van der Waals surface area contributed by atoms with Gasteiger partial charge in [0.25, 0.3) is 0 Å². The number of urea groups is 1. The van der Waals surface area contributed by atoms with Gasteiger partial charge in [0.2, 0.25) is 0 Å². The van der Waals surface area contributed by atoms with E-state index >= 15 is 0 Å². The normalized spacial score (nSPS) is 19.6. The summed E-state index contributed by atoms with van der Waals surface area (Å²) in [4.78, 5) is 21.8. The predicted octanol–water partition coefficient (Wildman–Crippen LogP) is 2.43. The maximum absolute atomic E-state index is 11.9.